The molecule has 3 heteroatoms. The first-order valence-corrected chi connectivity index (χ1v) is 5.52. The Morgan fingerprint density at radius 3 is 2.64 bits per heavy atom. The lowest BCUT2D eigenvalue weighted by atomic mass is 10.4. The van der Waals surface area contributed by atoms with Gasteiger partial charge in [-0.05, 0) is 18.7 Å². The monoisotopic (exact) mass is 175 g/mol. The van der Waals surface area contributed by atoms with Crippen molar-refractivity contribution >= 4 is 14.5 Å². The molecule has 1 atom stereocenters. The van der Waals surface area contributed by atoms with Crippen LogP contribution in [0.25, 0.3) is 0 Å². The third-order valence-electron chi connectivity index (χ3n) is 1.63. The van der Waals surface area contributed by atoms with E-state index in [0.29, 0.717) is 0 Å². The molecule has 11 heavy (non-hydrogen) atoms. The van der Waals surface area contributed by atoms with Gasteiger partial charge >= 0.3 is 0 Å². The highest BCUT2D eigenvalue weighted by atomic mass is 31.1. The van der Waals surface area contributed by atoms with E-state index in [1.54, 1.807) is 11.8 Å². The Morgan fingerprint density at radius 1 is 1.55 bits per heavy atom. The molecule has 0 rings (SSSR count). The van der Waals surface area contributed by atoms with Crippen LogP contribution in [-0.4, -0.2) is 36.7 Å². The highest BCUT2D eigenvalue weighted by Crippen LogP contribution is 2.09. The molecule has 0 aromatic heterocycles. The standard InChI is InChI=1S/C8H18NOP/c1-4-11-7-5-6-9(3)8(2)10/h11H,4-7H2,1-3H3. The Balaban J connectivity index is 3.17. The van der Waals surface area contributed by atoms with Crippen LogP contribution in [-0.2, 0) is 4.79 Å². The molecule has 0 radical (unpaired) electrons. The molecule has 0 saturated carbocycles. The largest absolute Gasteiger partial charge is 0.346 e. The maximum atomic E-state index is 10.7. The molecule has 0 aliphatic heterocycles. The van der Waals surface area contributed by atoms with E-state index in [2.05, 4.69) is 6.92 Å². The first-order valence-electron chi connectivity index (χ1n) is 4.11. The van der Waals surface area contributed by atoms with E-state index in [0.717, 1.165) is 21.5 Å². The van der Waals surface area contributed by atoms with Gasteiger partial charge in [-0.2, -0.15) is 0 Å². The summed E-state index contributed by atoms with van der Waals surface area (Å²) in [6.45, 7) is 4.73. The number of carbonyl (C=O) groups excluding carboxylic acids is 1. The van der Waals surface area contributed by atoms with Crippen molar-refractivity contribution < 1.29 is 4.79 Å². The first kappa shape index (κ1) is 10.9. The summed E-state index contributed by atoms with van der Waals surface area (Å²) in [4.78, 5) is 12.5. The number of rotatable bonds is 5. The molecule has 0 aromatic carbocycles. The van der Waals surface area contributed by atoms with Gasteiger partial charge in [0, 0.05) is 20.5 Å². The summed E-state index contributed by atoms with van der Waals surface area (Å²) in [7, 11) is 2.93. The molecule has 66 valence electrons. The fourth-order valence-electron chi connectivity index (χ4n) is 0.775. The average molecular weight is 175 g/mol. The maximum Gasteiger partial charge on any atom is 0.219 e. The van der Waals surface area contributed by atoms with Crippen LogP contribution in [0.4, 0.5) is 0 Å². The van der Waals surface area contributed by atoms with Crippen molar-refractivity contribution in [2.24, 2.45) is 0 Å². The Morgan fingerprint density at radius 2 is 2.18 bits per heavy atom. The topological polar surface area (TPSA) is 20.3 Å². The summed E-state index contributed by atoms with van der Waals surface area (Å²) in [6.07, 6.45) is 3.71. The number of nitrogens with zero attached hydrogens (tertiary/aromatic N) is 1. The van der Waals surface area contributed by atoms with Crippen molar-refractivity contribution in [3.05, 3.63) is 0 Å². The van der Waals surface area contributed by atoms with Gasteiger partial charge in [-0.3, -0.25) is 4.79 Å². The van der Waals surface area contributed by atoms with Crippen molar-refractivity contribution in [2.45, 2.75) is 20.3 Å². The predicted molar refractivity (Wildman–Crippen MR) is 51.7 cm³/mol. The van der Waals surface area contributed by atoms with Gasteiger partial charge in [0.2, 0.25) is 5.91 Å². The fraction of sp³-hybridized carbons (Fsp3) is 0.875. The number of hydrogen-bond donors (Lipinski definition) is 0. The SMILES string of the molecule is CCPCCCN(C)C(C)=O. The van der Waals surface area contributed by atoms with Gasteiger partial charge in [0.1, 0.15) is 0 Å². The summed E-state index contributed by atoms with van der Waals surface area (Å²) in [5.41, 5.74) is 0. The number of carbonyl (C=O) groups is 1. The normalized spacial score (nSPS) is 10.8. The Bertz CT molecular complexity index is 117. The van der Waals surface area contributed by atoms with E-state index in [-0.39, 0.29) is 5.91 Å². The van der Waals surface area contributed by atoms with Crippen LogP contribution < -0.4 is 0 Å². The summed E-state index contributed by atoms with van der Waals surface area (Å²) in [6, 6.07) is 0. The molecule has 1 unspecified atom stereocenters. The molecule has 2 nitrogen and oxygen atoms in total. The molecule has 0 bridgehead atoms. The highest BCUT2D eigenvalue weighted by molar-refractivity contribution is 7.37. The Kier molecular flexibility index (Phi) is 6.54. The number of amides is 1. The summed E-state index contributed by atoms with van der Waals surface area (Å²) < 4.78 is 0. The van der Waals surface area contributed by atoms with Crippen LogP contribution in [0.15, 0.2) is 0 Å². The molecular formula is C8H18NOP. The lowest BCUT2D eigenvalue weighted by molar-refractivity contribution is -0.127. The first-order chi connectivity index (χ1) is 5.18. The molecule has 0 fully saturated rings. The lowest BCUT2D eigenvalue weighted by Crippen LogP contribution is -2.25. The van der Waals surface area contributed by atoms with Crippen molar-refractivity contribution in [1.82, 2.24) is 4.90 Å². The molecule has 0 aromatic rings. The zero-order valence-electron chi connectivity index (χ0n) is 7.68. The minimum absolute atomic E-state index is 0.171. The third-order valence-corrected chi connectivity index (χ3v) is 2.84. The maximum absolute atomic E-state index is 10.7. The van der Waals surface area contributed by atoms with Gasteiger partial charge < -0.3 is 4.90 Å². The van der Waals surface area contributed by atoms with Gasteiger partial charge in [-0.15, -0.1) is 8.58 Å². The molecule has 0 aliphatic carbocycles. The van der Waals surface area contributed by atoms with Crippen molar-refractivity contribution in [2.75, 3.05) is 25.9 Å². The van der Waals surface area contributed by atoms with E-state index in [1.165, 1.54) is 12.3 Å². The molecule has 0 aliphatic rings. The number of hydrogen-bond acceptors (Lipinski definition) is 1. The van der Waals surface area contributed by atoms with E-state index >= 15 is 0 Å². The third kappa shape index (κ3) is 6.30. The smallest absolute Gasteiger partial charge is 0.219 e. The van der Waals surface area contributed by atoms with Crippen molar-refractivity contribution in [3.8, 4) is 0 Å². The molecule has 1 amide bonds. The zero-order valence-corrected chi connectivity index (χ0v) is 8.68. The van der Waals surface area contributed by atoms with Gasteiger partial charge in [-0.1, -0.05) is 6.92 Å². The van der Waals surface area contributed by atoms with Crippen molar-refractivity contribution in [3.63, 3.8) is 0 Å². The molecule has 0 saturated heterocycles. The average Bonchev–Trinajstić information content (AvgIpc) is 1.97. The molecule has 0 N–H and O–H groups in total. The second-order valence-corrected chi connectivity index (χ2v) is 4.35. The van der Waals surface area contributed by atoms with Crippen LogP contribution in [0.2, 0.25) is 0 Å². The molecule has 0 spiro atoms. The Hall–Kier alpha value is -0.100. The molecular weight excluding hydrogens is 157 g/mol. The van der Waals surface area contributed by atoms with Gasteiger partial charge in [-0.25, -0.2) is 0 Å². The van der Waals surface area contributed by atoms with Crippen molar-refractivity contribution in [1.29, 1.82) is 0 Å². The Labute approximate surface area is 71.1 Å². The van der Waals surface area contributed by atoms with Crippen LogP contribution in [0.1, 0.15) is 20.3 Å². The summed E-state index contributed by atoms with van der Waals surface area (Å²) in [5.74, 6) is 0.171. The fourth-order valence-corrected chi connectivity index (χ4v) is 1.54. The summed E-state index contributed by atoms with van der Waals surface area (Å²) >= 11 is 0. The second kappa shape index (κ2) is 6.60. The highest BCUT2D eigenvalue weighted by Gasteiger charge is 1.99. The predicted octanol–water partition coefficient (Wildman–Crippen LogP) is 1.55. The second-order valence-electron chi connectivity index (χ2n) is 2.65. The lowest BCUT2D eigenvalue weighted by Gasteiger charge is -2.13. The van der Waals surface area contributed by atoms with E-state index in [9.17, 15) is 4.79 Å². The molecule has 0 heterocycles. The quantitative estimate of drug-likeness (QED) is 0.458. The zero-order chi connectivity index (χ0) is 8.69. The van der Waals surface area contributed by atoms with Crippen LogP contribution in [0.3, 0.4) is 0 Å². The van der Waals surface area contributed by atoms with Crippen LogP contribution in [0, 0.1) is 0 Å². The van der Waals surface area contributed by atoms with E-state index in [1.807, 2.05) is 7.05 Å². The van der Waals surface area contributed by atoms with Crippen LogP contribution >= 0.6 is 8.58 Å². The van der Waals surface area contributed by atoms with Crippen LogP contribution in [0.5, 0.6) is 0 Å². The van der Waals surface area contributed by atoms with Gasteiger partial charge in [0.05, 0.1) is 0 Å². The van der Waals surface area contributed by atoms with Gasteiger partial charge in [0.15, 0.2) is 0 Å². The minimum Gasteiger partial charge on any atom is -0.346 e. The van der Waals surface area contributed by atoms with Gasteiger partial charge in [0.25, 0.3) is 0 Å². The minimum atomic E-state index is 0.171. The summed E-state index contributed by atoms with van der Waals surface area (Å²) in [5, 5.41) is 0. The van der Waals surface area contributed by atoms with E-state index < -0.39 is 0 Å². The van der Waals surface area contributed by atoms with E-state index in [4.69, 9.17) is 0 Å².